The second-order valence-corrected chi connectivity index (χ2v) is 6.85. The van der Waals surface area contributed by atoms with Crippen LogP contribution in [0.15, 0.2) is 53.6 Å². The molecule has 24 heavy (non-hydrogen) atoms. The van der Waals surface area contributed by atoms with Gasteiger partial charge in [0.15, 0.2) is 5.65 Å². The van der Waals surface area contributed by atoms with E-state index >= 15 is 0 Å². The van der Waals surface area contributed by atoms with Crippen molar-refractivity contribution < 1.29 is 13.2 Å². The largest absolute Gasteiger partial charge is 0.366 e. The fraction of sp³-hybridized carbons (Fsp3) is 0.133. The van der Waals surface area contributed by atoms with E-state index in [4.69, 9.17) is 5.73 Å². The molecule has 0 saturated heterocycles. The van der Waals surface area contributed by atoms with E-state index in [0.29, 0.717) is 17.9 Å². The molecule has 2 heterocycles. The molecule has 2 aromatic heterocycles. The molecule has 0 aliphatic rings. The molecular weight excluding hydrogens is 330 g/mol. The van der Waals surface area contributed by atoms with Crippen molar-refractivity contribution in [3.63, 3.8) is 0 Å². The molecule has 124 valence electrons. The van der Waals surface area contributed by atoms with Crippen LogP contribution in [0.5, 0.6) is 0 Å². The Balaban J connectivity index is 1.68. The molecule has 0 unspecified atom stereocenters. The van der Waals surface area contributed by atoms with Crippen molar-refractivity contribution in [3.05, 3.63) is 60.0 Å². The lowest BCUT2D eigenvalue weighted by Gasteiger charge is -2.06. The second kappa shape index (κ2) is 6.38. The van der Waals surface area contributed by atoms with Gasteiger partial charge in [0.2, 0.25) is 15.9 Å². The van der Waals surface area contributed by atoms with Crippen LogP contribution in [0.25, 0.3) is 5.65 Å². The fourth-order valence-corrected chi connectivity index (χ4v) is 3.27. The summed E-state index contributed by atoms with van der Waals surface area (Å²) in [4.78, 5) is 11.1. The predicted octanol–water partition coefficient (Wildman–Crippen LogP) is 0.349. The maximum absolute atomic E-state index is 12.2. The highest BCUT2D eigenvalue weighted by Crippen LogP contribution is 2.10. The average Bonchev–Trinajstić information content (AvgIpc) is 2.98. The first-order chi connectivity index (χ1) is 11.5. The topological polar surface area (TPSA) is 119 Å². The number of pyridine rings is 1. The molecule has 0 saturated carbocycles. The molecular formula is C15H15N5O3S. The minimum atomic E-state index is -3.67. The Morgan fingerprint density at radius 2 is 1.88 bits per heavy atom. The van der Waals surface area contributed by atoms with Gasteiger partial charge in [-0.1, -0.05) is 6.07 Å². The average molecular weight is 345 g/mol. The van der Waals surface area contributed by atoms with Crippen LogP contribution < -0.4 is 10.5 Å². The first-order valence-corrected chi connectivity index (χ1v) is 8.64. The number of carbonyl (C=O) groups excluding carboxylic acids is 1. The number of primary amides is 1. The molecule has 1 aromatic carbocycles. The minimum absolute atomic E-state index is 0.0681. The molecule has 3 rings (SSSR count). The number of sulfonamides is 1. The molecule has 3 aromatic rings. The SMILES string of the molecule is NC(=O)c1ccc(S(=O)(=O)NCCc2nnc3ccccn23)cc1. The Morgan fingerprint density at radius 1 is 1.12 bits per heavy atom. The standard InChI is InChI=1S/C15H15N5O3S/c16-15(21)11-4-6-12(7-5-11)24(22,23)17-9-8-14-19-18-13-3-1-2-10-20(13)14/h1-7,10,17H,8-9H2,(H2,16,21). The Labute approximate surface area is 138 Å². The number of amides is 1. The van der Waals surface area contributed by atoms with Crippen LogP contribution in [0.3, 0.4) is 0 Å². The molecule has 1 amide bonds. The first kappa shape index (κ1) is 16.1. The maximum atomic E-state index is 12.2. The fourth-order valence-electron chi connectivity index (χ4n) is 2.24. The lowest BCUT2D eigenvalue weighted by Crippen LogP contribution is -2.26. The number of benzene rings is 1. The highest BCUT2D eigenvalue weighted by Gasteiger charge is 2.14. The zero-order chi connectivity index (χ0) is 17.2. The van der Waals surface area contributed by atoms with Crippen LogP contribution in [0.2, 0.25) is 0 Å². The zero-order valence-corrected chi connectivity index (χ0v) is 13.4. The summed E-state index contributed by atoms with van der Waals surface area (Å²) in [7, 11) is -3.67. The number of hydrogen-bond acceptors (Lipinski definition) is 5. The third kappa shape index (κ3) is 3.26. The van der Waals surface area contributed by atoms with Gasteiger partial charge in [0.1, 0.15) is 5.82 Å². The number of hydrogen-bond donors (Lipinski definition) is 2. The molecule has 0 aliphatic carbocycles. The van der Waals surface area contributed by atoms with E-state index in [1.807, 2.05) is 24.4 Å². The van der Waals surface area contributed by atoms with Gasteiger partial charge in [-0.3, -0.25) is 9.20 Å². The molecule has 3 N–H and O–H groups in total. The van der Waals surface area contributed by atoms with Crippen molar-refractivity contribution in [3.8, 4) is 0 Å². The molecule has 0 atom stereocenters. The zero-order valence-electron chi connectivity index (χ0n) is 12.6. The van der Waals surface area contributed by atoms with Gasteiger partial charge >= 0.3 is 0 Å². The predicted molar refractivity (Wildman–Crippen MR) is 86.8 cm³/mol. The molecule has 0 fully saturated rings. The van der Waals surface area contributed by atoms with Gasteiger partial charge in [-0.25, -0.2) is 13.1 Å². The molecule has 0 spiro atoms. The van der Waals surface area contributed by atoms with Crippen molar-refractivity contribution in [2.75, 3.05) is 6.54 Å². The Hall–Kier alpha value is -2.78. The summed E-state index contributed by atoms with van der Waals surface area (Å²) in [6.07, 6.45) is 2.21. The number of nitrogens with one attached hydrogen (secondary N) is 1. The highest BCUT2D eigenvalue weighted by atomic mass is 32.2. The van der Waals surface area contributed by atoms with Gasteiger partial charge in [0.05, 0.1) is 4.90 Å². The van der Waals surface area contributed by atoms with Crippen molar-refractivity contribution in [2.24, 2.45) is 5.73 Å². The summed E-state index contributed by atoms with van der Waals surface area (Å²) >= 11 is 0. The monoisotopic (exact) mass is 345 g/mol. The van der Waals surface area contributed by atoms with E-state index in [2.05, 4.69) is 14.9 Å². The summed E-state index contributed by atoms with van der Waals surface area (Å²) in [6, 6.07) is 11.0. The van der Waals surface area contributed by atoms with Crippen molar-refractivity contribution >= 4 is 21.6 Å². The summed E-state index contributed by atoms with van der Waals surface area (Å²) < 4.78 is 28.8. The van der Waals surface area contributed by atoms with Gasteiger partial charge in [0, 0.05) is 24.7 Å². The lowest BCUT2D eigenvalue weighted by molar-refractivity contribution is 0.1000. The van der Waals surface area contributed by atoms with Crippen LogP contribution in [-0.4, -0.2) is 35.5 Å². The number of nitrogens with zero attached hydrogens (tertiary/aromatic N) is 3. The third-order valence-corrected chi connectivity index (χ3v) is 4.95. The number of nitrogens with two attached hydrogens (primary N) is 1. The van der Waals surface area contributed by atoms with Crippen molar-refractivity contribution in [2.45, 2.75) is 11.3 Å². The number of carbonyl (C=O) groups is 1. The summed E-state index contributed by atoms with van der Waals surface area (Å²) in [6.45, 7) is 0.176. The smallest absolute Gasteiger partial charge is 0.248 e. The molecule has 8 nitrogen and oxygen atoms in total. The van der Waals surface area contributed by atoms with Crippen LogP contribution in [0.1, 0.15) is 16.2 Å². The first-order valence-electron chi connectivity index (χ1n) is 7.15. The van der Waals surface area contributed by atoms with E-state index in [1.165, 1.54) is 24.3 Å². The molecule has 0 radical (unpaired) electrons. The van der Waals surface area contributed by atoms with E-state index in [-0.39, 0.29) is 17.0 Å². The Bertz CT molecular complexity index is 980. The molecule has 9 heteroatoms. The van der Waals surface area contributed by atoms with E-state index in [9.17, 15) is 13.2 Å². The van der Waals surface area contributed by atoms with Crippen LogP contribution in [-0.2, 0) is 16.4 Å². The normalized spacial score (nSPS) is 11.7. The van der Waals surface area contributed by atoms with E-state index in [1.54, 1.807) is 4.40 Å². The van der Waals surface area contributed by atoms with Crippen molar-refractivity contribution in [1.82, 2.24) is 19.3 Å². The third-order valence-electron chi connectivity index (χ3n) is 3.47. The quantitative estimate of drug-likeness (QED) is 0.668. The van der Waals surface area contributed by atoms with Crippen LogP contribution in [0.4, 0.5) is 0 Å². The second-order valence-electron chi connectivity index (χ2n) is 5.08. The lowest BCUT2D eigenvalue weighted by atomic mass is 10.2. The van der Waals surface area contributed by atoms with Gasteiger partial charge in [-0.15, -0.1) is 10.2 Å². The summed E-state index contributed by atoms with van der Waals surface area (Å²) in [5, 5.41) is 8.06. The molecule has 0 bridgehead atoms. The van der Waals surface area contributed by atoms with Gasteiger partial charge < -0.3 is 5.73 Å². The number of rotatable bonds is 6. The highest BCUT2D eigenvalue weighted by molar-refractivity contribution is 7.89. The maximum Gasteiger partial charge on any atom is 0.248 e. The number of aromatic nitrogens is 3. The Morgan fingerprint density at radius 3 is 2.58 bits per heavy atom. The number of fused-ring (bicyclic) bond motifs is 1. The van der Waals surface area contributed by atoms with Gasteiger partial charge in [0.25, 0.3) is 0 Å². The molecule has 0 aliphatic heterocycles. The van der Waals surface area contributed by atoms with E-state index < -0.39 is 15.9 Å². The van der Waals surface area contributed by atoms with Crippen molar-refractivity contribution in [1.29, 1.82) is 0 Å². The minimum Gasteiger partial charge on any atom is -0.366 e. The van der Waals surface area contributed by atoms with Crippen LogP contribution in [0, 0.1) is 0 Å². The van der Waals surface area contributed by atoms with Gasteiger partial charge in [-0.05, 0) is 36.4 Å². The summed E-state index contributed by atoms with van der Waals surface area (Å²) in [5.41, 5.74) is 6.09. The van der Waals surface area contributed by atoms with E-state index in [0.717, 1.165) is 0 Å². The Kier molecular flexibility index (Phi) is 4.28. The summed E-state index contributed by atoms with van der Waals surface area (Å²) in [5.74, 6) is 0.0583. The van der Waals surface area contributed by atoms with Crippen LogP contribution >= 0.6 is 0 Å². The van der Waals surface area contributed by atoms with Gasteiger partial charge in [-0.2, -0.15) is 0 Å².